The van der Waals surface area contributed by atoms with E-state index in [-0.39, 0.29) is 11.8 Å². The van der Waals surface area contributed by atoms with Crippen LogP contribution in [0.2, 0.25) is 0 Å². The van der Waals surface area contributed by atoms with Crippen molar-refractivity contribution in [2.45, 2.75) is 32.1 Å². The minimum absolute atomic E-state index is 0.0660. The Labute approximate surface area is 88.2 Å². The summed E-state index contributed by atoms with van der Waals surface area (Å²) in [5.74, 6) is -0.177. The number of hydrogen-bond donors (Lipinski definition) is 1. The molecule has 0 atom stereocenters. The third-order valence-corrected chi connectivity index (χ3v) is 3.65. The van der Waals surface area contributed by atoms with Crippen LogP contribution in [0.3, 0.4) is 0 Å². The Kier molecular flexibility index (Phi) is 1.67. The van der Waals surface area contributed by atoms with Crippen molar-refractivity contribution < 1.29 is 9.59 Å². The Bertz CT molecular complexity index is 395. The van der Waals surface area contributed by atoms with Crippen LogP contribution in [-0.2, 0) is 9.59 Å². The SMILES string of the molecule is O=C1CC2(CC3=CCCC=C3C2)C(=O)N1. The molecule has 1 saturated heterocycles. The molecule has 15 heavy (non-hydrogen) atoms. The van der Waals surface area contributed by atoms with E-state index in [1.807, 2.05) is 0 Å². The summed E-state index contributed by atoms with van der Waals surface area (Å²) in [5, 5.41) is 2.43. The molecule has 0 aromatic heterocycles. The number of nitrogens with one attached hydrogen (secondary N) is 1. The lowest BCUT2D eigenvalue weighted by atomic mass is 9.84. The lowest BCUT2D eigenvalue weighted by Gasteiger charge is -2.15. The summed E-state index contributed by atoms with van der Waals surface area (Å²) in [5.41, 5.74) is 2.16. The molecule has 3 heteroatoms. The van der Waals surface area contributed by atoms with Gasteiger partial charge in [-0.25, -0.2) is 0 Å². The first-order chi connectivity index (χ1) is 7.20. The normalized spacial score (nSPS) is 27.5. The molecule has 0 aromatic rings. The summed E-state index contributed by atoms with van der Waals surface area (Å²) < 4.78 is 0. The van der Waals surface area contributed by atoms with Gasteiger partial charge in [0.25, 0.3) is 0 Å². The van der Waals surface area contributed by atoms with Crippen molar-refractivity contribution in [2.75, 3.05) is 0 Å². The smallest absolute Gasteiger partial charge is 0.233 e. The highest BCUT2D eigenvalue weighted by Crippen LogP contribution is 2.50. The summed E-state index contributed by atoms with van der Waals surface area (Å²) in [6.45, 7) is 0. The number of carbonyl (C=O) groups excluding carboxylic acids is 2. The van der Waals surface area contributed by atoms with Crippen LogP contribution >= 0.6 is 0 Å². The van der Waals surface area contributed by atoms with E-state index in [1.54, 1.807) is 0 Å². The number of fused-ring (bicyclic) bond motifs is 1. The second-order valence-electron chi connectivity index (χ2n) is 4.72. The lowest BCUT2D eigenvalue weighted by Crippen LogP contribution is -2.29. The summed E-state index contributed by atoms with van der Waals surface area (Å²) >= 11 is 0. The molecule has 2 amide bonds. The Balaban J connectivity index is 1.98. The number of imide groups is 1. The van der Waals surface area contributed by atoms with Crippen molar-refractivity contribution >= 4 is 11.8 Å². The number of allylic oxidation sites excluding steroid dienone is 4. The van der Waals surface area contributed by atoms with Crippen LogP contribution in [-0.4, -0.2) is 11.8 Å². The van der Waals surface area contributed by atoms with Crippen LogP contribution in [0.1, 0.15) is 32.1 Å². The second kappa shape index (κ2) is 2.81. The first kappa shape index (κ1) is 8.89. The average Bonchev–Trinajstić information content (AvgIpc) is 2.67. The maximum absolute atomic E-state index is 11.8. The largest absolute Gasteiger partial charge is 0.296 e. The summed E-state index contributed by atoms with van der Waals surface area (Å²) in [6, 6.07) is 0. The molecule has 1 spiro atoms. The minimum Gasteiger partial charge on any atom is -0.296 e. The van der Waals surface area contributed by atoms with Crippen molar-refractivity contribution in [1.29, 1.82) is 0 Å². The molecule has 1 aliphatic heterocycles. The first-order valence-corrected chi connectivity index (χ1v) is 5.42. The van der Waals surface area contributed by atoms with E-state index in [9.17, 15) is 9.59 Å². The molecule has 0 aromatic carbocycles. The highest BCUT2D eigenvalue weighted by Gasteiger charge is 2.51. The van der Waals surface area contributed by atoms with Crippen molar-refractivity contribution in [3.05, 3.63) is 23.3 Å². The number of carbonyl (C=O) groups is 2. The van der Waals surface area contributed by atoms with Gasteiger partial charge in [-0.1, -0.05) is 12.2 Å². The van der Waals surface area contributed by atoms with Crippen LogP contribution < -0.4 is 5.32 Å². The van der Waals surface area contributed by atoms with Gasteiger partial charge in [-0.2, -0.15) is 0 Å². The first-order valence-electron chi connectivity index (χ1n) is 5.42. The number of amides is 2. The monoisotopic (exact) mass is 203 g/mol. The van der Waals surface area contributed by atoms with Gasteiger partial charge in [0.05, 0.1) is 5.41 Å². The fourth-order valence-corrected chi connectivity index (χ4v) is 2.92. The average molecular weight is 203 g/mol. The molecule has 78 valence electrons. The van der Waals surface area contributed by atoms with E-state index in [0.717, 1.165) is 25.7 Å². The fraction of sp³-hybridized carbons (Fsp3) is 0.500. The zero-order valence-corrected chi connectivity index (χ0v) is 8.51. The maximum Gasteiger partial charge on any atom is 0.233 e. The van der Waals surface area contributed by atoms with E-state index in [0.29, 0.717) is 6.42 Å². The van der Waals surface area contributed by atoms with Gasteiger partial charge in [0.2, 0.25) is 11.8 Å². The molecule has 0 radical (unpaired) electrons. The van der Waals surface area contributed by atoms with Gasteiger partial charge in [0.1, 0.15) is 0 Å². The standard InChI is InChI=1S/C12H13NO2/c14-10-7-12(11(15)13-10)5-8-3-1-2-4-9(8)6-12/h3-4H,1-2,5-7H2,(H,13,14,15). The molecule has 1 N–H and O–H groups in total. The highest BCUT2D eigenvalue weighted by molar-refractivity contribution is 6.06. The molecule has 0 unspecified atom stereocenters. The molecule has 3 nitrogen and oxygen atoms in total. The number of rotatable bonds is 0. The molecule has 2 fully saturated rings. The van der Waals surface area contributed by atoms with Crippen molar-refractivity contribution in [3.63, 3.8) is 0 Å². The van der Waals surface area contributed by atoms with Crippen molar-refractivity contribution in [2.24, 2.45) is 5.41 Å². The summed E-state index contributed by atoms with van der Waals surface area (Å²) in [4.78, 5) is 23.0. The Hall–Kier alpha value is -1.38. The Morgan fingerprint density at radius 1 is 1.00 bits per heavy atom. The van der Waals surface area contributed by atoms with Crippen LogP contribution in [0.25, 0.3) is 0 Å². The quantitative estimate of drug-likeness (QED) is 0.606. The molecule has 3 aliphatic rings. The van der Waals surface area contributed by atoms with Crippen molar-refractivity contribution in [3.8, 4) is 0 Å². The van der Waals surface area contributed by atoms with Gasteiger partial charge in [0, 0.05) is 6.42 Å². The van der Waals surface area contributed by atoms with Crippen LogP contribution in [0, 0.1) is 5.41 Å². The van der Waals surface area contributed by atoms with E-state index >= 15 is 0 Å². The molecule has 2 aliphatic carbocycles. The molecule has 3 rings (SSSR count). The topological polar surface area (TPSA) is 46.2 Å². The summed E-state index contributed by atoms with van der Waals surface area (Å²) in [7, 11) is 0. The van der Waals surface area contributed by atoms with Gasteiger partial charge in [-0.05, 0) is 36.8 Å². The number of hydrogen-bond acceptors (Lipinski definition) is 2. The fourth-order valence-electron chi connectivity index (χ4n) is 2.92. The van der Waals surface area contributed by atoms with E-state index in [1.165, 1.54) is 11.1 Å². The molecular weight excluding hydrogens is 190 g/mol. The van der Waals surface area contributed by atoms with Gasteiger partial charge in [-0.15, -0.1) is 0 Å². The lowest BCUT2D eigenvalue weighted by molar-refractivity contribution is -0.128. The summed E-state index contributed by atoms with van der Waals surface area (Å²) in [6.07, 6.45) is 8.49. The van der Waals surface area contributed by atoms with Gasteiger partial charge >= 0.3 is 0 Å². The maximum atomic E-state index is 11.8. The third kappa shape index (κ3) is 1.19. The van der Waals surface area contributed by atoms with Crippen LogP contribution in [0.4, 0.5) is 0 Å². The van der Waals surface area contributed by atoms with Gasteiger partial charge in [-0.3, -0.25) is 14.9 Å². The van der Waals surface area contributed by atoms with E-state index in [2.05, 4.69) is 17.5 Å². The van der Waals surface area contributed by atoms with Crippen LogP contribution in [0.5, 0.6) is 0 Å². The minimum atomic E-state index is -0.431. The second-order valence-corrected chi connectivity index (χ2v) is 4.72. The predicted molar refractivity (Wildman–Crippen MR) is 54.8 cm³/mol. The molecule has 0 bridgehead atoms. The van der Waals surface area contributed by atoms with E-state index in [4.69, 9.17) is 0 Å². The highest BCUT2D eigenvalue weighted by atomic mass is 16.2. The van der Waals surface area contributed by atoms with Crippen LogP contribution in [0.15, 0.2) is 23.3 Å². The van der Waals surface area contributed by atoms with Crippen molar-refractivity contribution in [1.82, 2.24) is 5.32 Å². The van der Waals surface area contributed by atoms with Gasteiger partial charge in [0.15, 0.2) is 0 Å². The molecular formula is C12H13NO2. The molecule has 1 heterocycles. The molecule has 1 saturated carbocycles. The zero-order valence-electron chi connectivity index (χ0n) is 8.51. The predicted octanol–water partition coefficient (Wildman–Crippen LogP) is 1.46. The zero-order chi connectivity index (χ0) is 10.5. The Morgan fingerprint density at radius 2 is 1.60 bits per heavy atom. The third-order valence-electron chi connectivity index (χ3n) is 3.65. The van der Waals surface area contributed by atoms with E-state index < -0.39 is 5.41 Å². The Morgan fingerprint density at radius 3 is 2.07 bits per heavy atom. The van der Waals surface area contributed by atoms with Gasteiger partial charge < -0.3 is 0 Å².